The Balaban J connectivity index is 3.17. The van der Waals surface area contributed by atoms with Gasteiger partial charge in [-0.2, -0.15) is 0 Å². The Morgan fingerprint density at radius 2 is 2.13 bits per heavy atom. The van der Waals surface area contributed by atoms with E-state index >= 15 is 0 Å². The van der Waals surface area contributed by atoms with Gasteiger partial charge < -0.3 is 10.8 Å². The number of amides is 1. The van der Waals surface area contributed by atoms with E-state index in [-0.39, 0.29) is 18.2 Å². The highest BCUT2D eigenvalue weighted by Gasteiger charge is 2.21. The summed E-state index contributed by atoms with van der Waals surface area (Å²) >= 11 is 0. The second-order valence-corrected chi connectivity index (χ2v) is 3.41. The van der Waals surface area contributed by atoms with Gasteiger partial charge in [0.25, 0.3) is 0 Å². The van der Waals surface area contributed by atoms with Gasteiger partial charge in [0, 0.05) is 0 Å². The third-order valence-electron chi connectivity index (χ3n) is 1.83. The van der Waals surface area contributed by atoms with Crippen LogP contribution in [0.4, 0.5) is 0 Å². The van der Waals surface area contributed by atoms with E-state index < -0.39 is 11.9 Å². The van der Waals surface area contributed by atoms with Gasteiger partial charge in [-0.15, -0.1) is 5.10 Å². The summed E-state index contributed by atoms with van der Waals surface area (Å²) in [6.07, 6.45) is 0. The molecule has 0 spiro atoms. The zero-order valence-electron chi connectivity index (χ0n) is 8.47. The van der Waals surface area contributed by atoms with Crippen LogP contribution in [0.2, 0.25) is 0 Å². The predicted octanol–water partition coefficient (Wildman–Crippen LogP) is -0.415. The van der Waals surface area contributed by atoms with Crippen molar-refractivity contribution < 1.29 is 14.7 Å². The van der Waals surface area contributed by atoms with E-state index in [0.29, 0.717) is 5.69 Å². The van der Waals surface area contributed by atoms with Crippen LogP contribution in [0.25, 0.3) is 0 Å². The fourth-order valence-electron chi connectivity index (χ4n) is 1.31. The first-order valence-corrected chi connectivity index (χ1v) is 4.38. The summed E-state index contributed by atoms with van der Waals surface area (Å²) in [6, 6.07) is 0. The number of primary amides is 1. The van der Waals surface area contributed by atoms with Crippen LogP contribution in [0.5, 0.6) is 0 Å². The average molecular weight is 212 g/mol. The minimum absolute atomic E-state index is 0.0922. The lowest BCUT2D eigenvalue weighted by atomic mass is 10.1. The molecule has 0 radical (unpaired) electrons. The molecule has 3 N–H and O–H groups in total. The summed E-state index contributed by atoms with van der Waals surface area (Å²) in [5, 5.41) is 15.9. The van der Waals surface area contributed by atoms with Crippen LogP contribution < -0.4 is 5.73 Å². The van der Waals surface area contributed by atoms with Gasteiger partial charge in [-0.1, -0.05) is 19.1 Å². The first-order chi connectivity index (χ1) is 6.93. The van der Waals surface area contributed by atoms with E-state index in [4.69, 9.17) is 10.8 Å². The molecule has 0 aliphatic rings. The quantitative estimate of drug-likeness (QED) is 0.704. The Morgan fingerprint density at radius 1 is 1.53 bits per heavy atom. The number of nitrogens with two attached hydrogens (primary N) is 1. The molecule has 0 saturated heterocycles. The smallest absolute Gasteiger partial charge is 0.358 e. The summed E-state index contributed by atoms with van der Waals surface area (Å²) in [6.45, 7) is 3.43. The van der Waals surface area contributed by atoms with Crippen LogP contribution in [0.1, 0.15) is 35.9 Å². The lowest BCUT2D eigenvalue weighted by molar-refractivity contribution is -0.118. The zero-order chi connectivity index (χ0) is 11.6. The van der Waals surface area contributed by atoms with E-state index in [1.807, 2.05) is 0 Å². The first kappa shape index (κ1) is 11.2. The molecule has 1 rings (SSSR count). The second kappa shape index (κ2) is 4.07. The minimum Gasteiger partial charge on any atom is -0.476 e. The molecular weight excluding hydrogens is 200 g/mol. The van der Waals surface area contributed by atoms with Crippen LogP contribution in [0.15, 0.2) is 0 Å². The maximum atomic E-state index is 10.8. The summed E-state index contributed by atoms with van der Waals surface area (Å²) in [5.74, 6) is -1.83. The minimum atomic E-state index is -1.16. The Morgan fingerprint density at radius 3 is 2.53 bits per heavy atom. The number of hydrogen-bond acceptors (Lipinski definition) is 4. The highest BCUT2D eigenvalue weighted by Crippen LogP contribution is 2.17. The number of carbonyl (C=O) groups excluding carboxylic acids is 1. The topological polar surface area (TPSA) is 111 Å². The number of nitrogens with zero attached hydrogens (tertiary/aromatic N) is 3. The van der Waals surface area contributed by atoms with Crippen molar-refractivity contribution in [3.8, 4) is 0 Å². The SMILES string of the molecule is CC(C)c1c(C(=O)O)nnn1CC(N)=O. The summed E-state index contributed by atoms with van der Waals surface area (Å²) in [4.78, 5) is 21.5. The maximum Gasteiger partial charge on any atom is 0.358 e. The van der Waals surface area contributed by atoms with Crippen molar-refractivity contribution in [1.82, 2.24) is 15.0 Å². The number of carbonyl (C=O) groups is 2. The molecule has 1 aromatic heterocycles. The molecule has 0 aliphatic heterocycles. The summed E-state index contributed by atoms with van der Waals surface area (Å²) in [5.41, 5.74) is 5.27. The Labute approximate surface area is 85.9 Å². The van der Waals surface area contributed by atoms with E-state index in [1.165, 1.54) is 4.68 Å². The van der Waals surface area contributed by atoms with Crippen molar-refractivity contribution in [2.45, 2.75) is 26.3 Å². The molecule has 0 atom stereocenters. The van der Waals surface area contributed by atoms with Gasteiger partial charge in [-0.3, -0.25) is 4.79 Å². The number of carboxylic acids is 1. The number of carboxylic acid groups (broad SMARTS) is 1. The number of hydrogen-bond donors (Lipinski definition) is 2. The highest BCUT2D eigenvalue weighted by atomic mass is 16.4. The molecule has 15 heavy (non-hydrogen) atoms. The van der Waals surface area contributed by atoms with Crippen LogP contribution in [0, 0.1) is 0 Å². The standard InChI is InChI=1S/C8H12N4O3/c1-4(2)7-6(8(14)15)10-11-12(7)3-5(9)13/h4H,3H2,1-2H3,(H2,9,13)(H,14,15). The Hall–Kier alpha value is -1.92. The fraction of sp³-hybridized carbons (Fsp3) is 0.500. The third kappa shape index (κ3) is 2.30. The van der Waals surface area contributed by atoms with Crippen LogP contribution in [-0.4, -0.2) is 32.0 Å². The molecule has 82 valence electrons. The Bertz CT molecular complexity index is 397. The van der Waals surface area contributed by atoms with Crippen molar-refractivity contribution in [1.29, 1.82) is 0 Å². The van der Waals surface area contributed by atoms with E-state index in [1.54, 1.807) is 13.8 Å². The first-order valence-electron chi connectivity index (χ1n) is 4.38. The van der Waals surface area contributed by atoms with Gasteiger partial charge in [-0.05, 0) is 5.92 Å². The molecule has 1 amide bonds. The number of rotatable bonds is 4. The summed E-state index contributed by atoms with van der Waals surface area (Å²) in [7, 11) is 0. The monoisotopic (exact) mass is 212 g/mol. The highest BCUT2D eigenvalue weighted by molar-refractivity contribution is 5.86. The van der Waals surface area contributed by atoms with Crippen LogP contribution in [-0.2, 0) is 11.3 Å². The van der Waals surface area contributed by atoms with Crippen molar-refractivity contribution in [3.05, 3.63) is 11.4 Å². The molecule has 0 bridgehead atoms. The van der Waals surface area contributed by atoms with E-state index in [9.17, 15) is 9.59 Å². The van der Waals surface area contributed by atoms with E-state index in [2.05, 4.69) is 10.3 Å². The van der Waals surface area contributed by atoms with Gasteiger partial charge in [0.15, 0.2) is 5.69 Å². The molecular formula is C8H12N4O3. The van der Waals surface area contributed by atoms with Gasteiger partial charge in [0.05, 0.1) is 5.69 Å². The molecule has 7 nitrogen and oxygen atoms in total. The molecule has 1 heterocycles. The molecule has 7 heteroatoms. The van der Waals surface area contributed by atoms with Crippen LogP contribution >= 0.6 is 0 Å². The number of aromatic carboxylic acids is 1. The molecule has 0 unspecified atom stereocenters. The lowest BCUT2D eigenvalue weighted by Crippen LogP contribution is -2.21. The van der Waals surface area contributed by atoms with Gasteiger partial charge in [-0.25, -0.2) is 9.48 Å². The fourth-order valence-corrected chi connectivity index (χ4v) is 1.31. The Kier molecular flexibility index (Phi) is 3.03. The average Bonchev–Trinajstić information content (AvgIpc) is 2.46. The van der Waals surface area contributed by atoms with Gasteiger partial charge in [0.2, 0.25) is 5.91 Å². The summed E-state index contributed by atoms with van der Waals surface area (Å²) < 4.78 is 1.22. The largest absolute Gasteiger partial charge is 0.476 e. The lowest BCUT2D eigenvalue weighted by Gasteiger charge is -2.07. The van der Waals surface area contributed by atoms with Crippen LogP contribution in [0.3, 0.4) is 0 Å². The van der Waals surface area contributed by atoms with Crippen molar-refractivity contribution >= 4 is 11.9 Å². The normalized spacial score (nSPS) is 10.6. The third-order valence-corrected chi connectivity index (χ3v) is 1.83. The number of aromatic nitrogens is 3. The molecule has 1 aromatic rings. The van der Waals surface area contributed by atoms with Crippen molar-refractivity contribution in [3.63, 3.8) is 0 Å². The van der Waals surface area contributed by atoms with E-state index in [0.717, 1.165) is 0 Å². The van der Waals surface area contributed by atoms with Gasteiger partial charge in [0.1, 0.15) is 6.54 Å². The predicted molar refractivity (Wildman–Crippen MR) is 50.3 cm³/mol. The molecule has 0 aromatic carbocycles. The molecule has 0 fully saturated rings. The molecule has 0 saturated carbocycles. The second-order valence-electron chi connectivity index (χ2n) is 3.41. The maximum absolute atomic E-state index is 10.8. The van der Waals surface area contributed by atoms with Crippen molar-refractivity contribution in [2.24, 2.45) is 5.73 Å². The van der Waals surface area contributed by atoms with Gasteiger partial charge >= 0.3 is 5.97 Å². The van der Waals surface area contributed by atoms with Crippen molar-refractivity contribution in [2.75, 3.05) is 0 Å². The zero-order valence-corrected chi connectivity index (χ0v) is 8.47. The molecule has 0 aliphatic carbocycles.